The van der Waals surface area contributed by atoms with E-state index in [2.05, 4.69) is 30.9 Å². The smallest absolute Gasteiger partial charge is 0.189 e. The van der Waals surface area contributed by atoms with E-state index in [9.17, 15) is 4.79 Å². The van der Waals surface area contributed by atoms with Gasteiger partial charge in [-0.1, -0.05) is 55.8 Å². The Hall–Kier alpha value is -2.06. The predicted molar refractivity (Wildman–Crippen MR) is 91.7 cm³/mol. The topological polar surface area (TPSA) is 20.3 Å². The average molecular weight is 312 g/mol. The molecular weight excluding hydrogens is 294 g/mol. The van der Waals surface area contributed by atoms with E-state index in [1.54, 1.807) is 18.2 Å². The molecule has 0 aliphatic carbocycles. The summed E-state index contributed by atoms with van der Waals surface area (Å²) in [6, 6.07) is 15.4. The van der Waals surface area contributed by atoms with Crippen LogP contribution in [0.1, 0.15) is 29.8 Å². The lowest BCUT2D eigenvalue weighted by atomic mass is 9.83. The fourth-order valence-corrected chi connectivity index (χ4v) is 3.35. The summed E-state index contributed by atoms with van der Waals surface area (Å²) in [7, 11) is 2.00. The van der Waals surface area contributed by atoms with Gasteiger partial charge in [0.2, 0.25) is 0 Å². The number of nitrogens with zero attached hydrogens (tertiary/aromatic N) is 1. The summed E-state index contributed by atoms with van der Waals surface area (Å²) in [4.78, 5) is 14.7. The molecule has 0 atom stereocenters. The average Bonchev–Trinajstić information content (AvgIpc) is 2.69. The first-order chi connectivity index (χ1) is 10.4. The lowest BCUT2D eigenvalue weighted by Crippen LogP contribution is -2.24. The third-order valence-corrected chi connectivity index (χ3v) is 4.68. The van der Waals surface area contributed by atoms with Crippen molar-refractivity contribution in [1.29, 1.82) is 0 Å². The summed E-state index contributed by atoms with van der Waals surface area (Å²) >= 11 is 6.14. The van der Waals surface area contributed by atoms with Gasteiger partial charge in [0.05, 0.1) is 5.02 Å². The molecule has 1 heterocycles. The van der Waals surface area contributed by atoms with E-state index in [1.807, 2.05) is 31.3 Å². The monoisotopic (exact) mass is 311 g/mol. The molecule has 0 aromatic heterocycles. The minimum atomic E-state index is -0.206. The molecule has 1 aliphatic rings. The van der Waals surface area contributed by atoms with Crippen LogP contribution in [0.25, 0.3) is 0 Å². The first-order valence-corrected chi connectivity index (χ1v) is 7.65. The van der Waals surface area contributed by atoms with E-state index < -0.39 is 0 Å². The zero-order valence-electron chi connectivity index (χ0n) is 12.9. The number of hydrogen-bond acceptors (Lipinski definition) is 2. The second-order valence-electron chi connectivity index (χ2n) is 6.07. The van der Waals surface area contributed by atoms with Gasteiger partial charge in [-0.05, 0) is 23.8 Å². The number of ketones is 1. The van der Waals surface area contributed by atoms with Crippen molar-refractivity contribution in [2.45, 2.75) is 19.3 Å². The summed E-state index contributed by atoms with van der Waals surface area (Å²) in [6.45, 7) is 4.28. The van der Waals surface area contributed by atoms with Crippen LogP contribution >= 0.6 is 11.6 Å². The quantitative estimate of drug-likeness (QED) is 0.584. The Bertz CT molecular complexity index is 777. The molecule has 112 valence electrons. The molecule has 22 heavy (non-hydrogen) atoms. The van der Waals surface area contributed by atoms with Crippen molar-refractivity contribution in [1.82, 2.24) is 0 Å². The maximum absolute atomic E-state index is 12.6. The van der Waals surface area contributed by atoms with E-state index in [0.29, 0.717) is 10.6 Å². The molecule has 3 heteroatoms. The van der Waals surface area contributed by atoms with E-state index in [1.165, 1.54) is 5.56 Å². The van der Waals surface area contributed by atoms with Crippen LogP contribution in [0.3, 0.4) is 0 Å². The summed E-state index contributed by atoms with van der Waals surface area (Å²) in [6.07, 6.45) is 1.71. The zero-order valence-corrected chi connectivity index (χ0v) is 13.7. The van der Waals surface area contributed by atoms with Crippen LogP contribution < -0.4 is 4.90 Å². The highest BCUT2D eigenvalue weighted by Gasteiger charge is 2.38. The van der Waals surface area contributed by atoms with E-state index in [-0.39, 0.29) is 11.2 Å². The first kappa shape index (κ1) is 14.9. The minimum absolute atomic E-state index is 0.0617. The van der Waals surface area contributed by atoms with Crippen LogP contribution in [0.15, 0.2) is 60.3 Å². The van der Waals surface area contributed by atoms with E-state index in [0.717, 1.165) is 11.4 Å². The van der Waals surface area contributed by atoms with Crippen molar-refractivity contribution in [3.05, 3.63) is 76.5 Å². The van der Waals surface area contributed by atoms with E-state index in [4.69, 9.17) is 11.6 Å². The van der Waals surface area contributed by atoms with Crippen molar-refractivity contribution in [2.75, 3.05) is 11.9 Å². The second-order valence-corrected chi connectivity index (χ2v) is 6.48. The van der Waals surface area contributed by atoms with Gasteiger partial charge in [-0.25, -0.2) is 0 Å². The Morgan fingerprint density at radius 3 is 2.41 bits per heavy atom. The maximum atomic E-state index is 12.6. The second kappa shape index (κ2) is 5.29. The molecule has 0 fully saturated rings. The van der Waals surface area contributed by atoms with Crippen molar-refractivity contribution < 1.29 is 4.79 Å². The molecule has 0 spiro atoms. The maximum Gasteiger partial charge on any atom is 0.189 e. The third kappa shape index (κ3) is 2.24. The number of carbonyl (C=O) groups excluding carboxylic acids is 1. The molecule has 2 aromatic carbocycles. The number of rotatable bonds is 2. The predicted octanol–water partition coefficient (Wildman–Crippen LogP) is 4.83. The third-order valence-electron chi connectivity index (χ3n) is 4.35. The van der Waals surface area contributed by atoms with Crippen molar-refractivity contribution in [3.63, 3.8) is 0 Å². The molecule has 1 aliphatic heterocycles. The van der Waals surface area contributed by atoms with Gasteiger partial charge in [0.15, 0.2) is 5.78 Å². The number of fused-ring (bicyclic) bond motifs is 1. The van der Waals surface area contributed by atoms with Gasteiger partial charge in [0.25, 0.3) is 0 Å². The fourth-order valence-electron chi connectivity index (χ4n) is 3.12. The van der Waals surface area contributed by atoms with E-state index >= 15 is 0 Å². The number of likely N-dealkylation sites (N-methyl/N-ethyl adjacent to an activating group) is 1. The SMILES string of the molecule is CN1C(=CC(=O)c2ccccc2Cl)C(C)(C)c2ccccc21. The lowest BCUT2D eigenvalue weighted by molar-refractivity contribution is 0.104. The van der Waals surface area contributed by atoms with Crippen molar-refractivity contribution >= 4 is 23.1 Å². The molecular formula is C19H18ClNO. The zero-order chi connectivity index (χ0) is 15.9. The van der Waals surface area contributed by atoms with Gasteiger partial charge in [0, 0.05) is 35.5 Å². The Kier molecular flexibility index (Phi) is 3.57. The number of carbonyl (C=O) groups is 1. The van der Waals surface area contributed by atoms with Crippen LogP contribution in [-0.4, -0.2) is 12.8 Å². The molecule has 0 saturated heterocycles. The summed E-state index contributed by atoms with van der Waals surface area (Å²) < 4.78 is 0. The Balaban J connectivity index is 2.06. The molecule has 0 unspecified atom stereocenters. The lowest BCUT2D eigenvalue weighted by Gasteiger charge is -2.24. The minimum Gasteiger partial charge on any atom is -0.347 e. The highest BCUT2D eigenvalue weighted by molar-refractivity contribution is 6.34. The molecule has 2 nitrogen and oxygen atoms in total. The summed E-state index contributed by atoms with van der Waals surface area (Å²) in [5.41, 5.74) is 3.69. The molecule has 0 N–H and O–H groups in total. The summed E-state index contributed by atoms with van der Waals surface area (Å²) in [5, 5.41) is 0.486. The Morgan fingerprint density at radius 1 is 1.09 bits per heavy atom. The van der Waals surface area contributed by atoms with Crippen LogP contribution in [0, 0.1) is 0 Å². The highest BCUT2D eigenvalue weighted by Crippen LogP contribution is 2.46. The summed E-state index contributed by atoms with van der Waals surface area (Å²) in [5.74, 6) is -0.0617. The van der Waals surface area contributed by atoms with Gasteiger partial charge in [-0.3, -0.25) is 4.79 Å². The van der Waals surface area contributed by atoms with Gasteiger partial charge < -0.3 is 4.90 Å². The van der Waals surface area contributed by atoms with Gasteiger partial charge in [0.1, 0.15) is 0 Å². The normalized spacial score (nSPS) is 17.6. The Labute approximate surface area is 136 Å². The van der Waals surface area contributed by atoms with Crippen LogP contribution in [-0.2, 0) is 5.41 Å². The van der Waals surface area contributed by atoms with Crippen LogP contribution in [0.2, 0.25) is 5.02 Å². The first-order valence-electron chi connectivity index (χ1n) is 7.27. The van der Waals surface area contributed by atoms with Crippen molar-refractivity contribution in [2.24, 2.45) is 0 Å². The molecule has 0 amide bonds. The number of halogens is 1. The largest absolute Gasteiger partial charge is 0.347 e. The van der Waals surface area contributed by atoms with Gasteiger partial charge in [-0.15, -0.1) is 0 Å². The molecule has 3 rings (SSSR count). The van der Waals surface area contributed by atoms with Crippen molar-refractivity contribution in [3.8, 4) is 0 Å². The molecule has 0 saturated carbocycles. The van der Waals surface area contributed by atoms with Crippen LogP contribution in [0.5, 0.6) is 0 Å². The number of benzene rings is 2. The molecule has 0 radical (unpaired) electrons. The Morgan fingerprint density at radius 2 is 1.73 bits per heavy atom. The number of allylic oxidation sites excluding steroid dienone is 2. The number of anilines is 1. The molecule has 2 aromatic rings. The molecule has 0 bridgehead atoms. The standard InChI is InChI=1S/C19H18ClNO/c1-19(2)14-9-5-7-11-16(14)21(3)18(19)12-17(22)13-8-4-6-10-15(13)20/h4-12H,1-3H3. The van der Waals surface area contributed by atoms with Crippen LogP contribution in [0.4, 0.5) is 5.69 Å². The highest BCUT2D eigenvalue weighted by atomic mass is 35.5. The number of para-hydroxylation sites is 1. The number of hydrogen-bond donors (Lipinski definition) is 0. The van der Waals surface area contributed by atoms with Gasteiger partial charge >= 0.3 is 0 Å². The fraction of sp³-hybridized carbons (Fsp3) is 0.211. The van der Waals surface area contributed by atoms with Gasteiger partial charge in [-0.2, -0.15) is 0 Å².